The van der Waals surface area contributed by atoms with Crippen LogP contribution in [0.4, 0.5) is 0 Å². The van der Waals surface area contributed by atoms with E-state index >= 15 is 0 Å². The second kappa shape index (κ2) is 20.0. The molecule has 0 bridgehead atoms. The highest BCUT2D eigenvalue weighted by atomic mass is 17.1. The molecule has 0 unspecified atom stereocenters. The molecule has 49 heavy (non-hydrogen) atoms. The van der Waals surface area contributed by atoms with Crippen molar-refractivity contribution in [3.8, 4) is 0 Å². The van der Waals surface area contributed by atoms with Gasteiger partial charge in [-0.3, -0.25) is 10.1 Å². The minimum absolute atomic E-state index is 0.0310. The highest BCUT2D eigenvalue weighted by Crippen LogP contribution is 2.67. The molecule has 4 heteroatoms. The van der Waals surface area contributed by atoms with Gasteiger partial charge in [0.2, 0.25) is 0 Å². The summed E-state index contributed by atoms with van der Waals surface area (Å²) in [6.45, 7) is 14.5. The van der Waals surface area contributed by atoms with Crippen LogP contribution in [0.5, 0.6) is 0 Å². The normalized spacial score (nSPS) is 33.4. The number of carbonyl (C=O) groups excluding carboxylic acids is 1. The van der Waals surface area contributed by atoms with E-state index in [4.69, 9.17) is 9.62 Å². The second-order valence-electron chi connectivity index (χ2n) is 17.8. The van der Waals surface area contributed by atoms with Gasteiger partial charge in [-0.05, 0) is 123 Å². The standard InChI is InChI=1S/C45H76O4/c1-7-8-9-10-11-12-13-14-15-16-17-18-19-20-21-25-42(46)48-37-28-30-44(5)36(32-37)33-41(49-47)43-39-27-26-38(35(4)24-22-23-34(2)3)45(39,6)31-29-40(43)44/h11-12,14-15,33-35,37-41,43,47H,7-10,13,16-32H2,1-6H3/b12-11-,15-14-/t35-,37+,38-,39+,40+,41-,43+,44+,45-/m1/s1. The van der Waals surface area contributed by atoms with Gasteiger partial charge in [-0.1, -0.05) is 129 Å². The molecule has 4 aliphatic rings. The summed E-state index contributed by atoms with van der Waals surface area (Å²) in [5.74, 6) is 3.81. The van der Waals surface area contributed by atoms with Crippen LogP contribution in [-0.2, 0) is 14.4 Å². The Labute approximate surface area is 302 Å². The van der Waals surface area contributed by atoms with Crippen molar-refractivity contribution in [1.29, 1.82) is 0 Å². The Kier molecular flexibility index (Phi) is 16.5. The van der Waals surface area contributed by atoms with E-state index in [-0.39, 0.29) is 23.6 Å². The second-order valence-corrected chi connectivity index (χ2v) is 17.8. The molecule has 0 radical (unpaired) electrons. The highest BCUT2D eigenvalue weighted by Gasteiger charge is 2.61. The molecule has 3 saturated carbocycles. The molecule has 0 spiro atoms. The Balaban J connectivity index is 1.19. The van der Waals surface area contributed by atoms with Gasteiger partial charge in [0.15, 0.2) is 0 Å². The minimum atomic E-state index is -0.241. The molecule has 9 atom stereocenters. The van der Waals surface area contributed by atoms with E-state index in [1.165, 1.54) is 95.5 Å². The number of hydrogen-bond acceptors (Lipinski definition) is 4. The van der Waals surface area contributed by atoms with Crippen LogP contribution in [0.25, 0.3) is 0 Å². The lowest BCUT2D eigenvalue weighted by Crippen LogP contribution is -2.55. The third-order valence-corrected chi connectivity index (χ3v) is 14.0. The molecule has 1 N–H and O–H groups in total. The van der Waals surface area contributed by atoms with E-state index in [9.17, 15) is 10.1 Å². The quantitative estimate of drug-likeness (QED) is 0.0431. The summed E-state index contributed by atoms with van der Waals surface area (Å²) in [7, 11) is 0. The molecule has 280 valence electrons. The van der Waals surface area contributed by atoms with Crippen molar-refractivity contribution in [2.75, 3.05) is 0 Å². The lowest BCUT2D eigenvalue weighted by molar-refractivity contribution is -0.296. The molecule has 4 nitrogen and oxygen atoms in total. The predicted molar refractivity (Wildman–Crippen MR) is 205 cm³/mol. The number of allylic oxidation sites excluding steroid dienone is 4. The molecule has 4 rings (SSSR count). The van der Waals surface area contributed by atoms with E-state index in [0.29, 0.717) is 29.6 Å². The van der Waals surface area contributed by atoms with Crippen molar-refractivity contribution < 1.29 is 19.7 Å². The van der Waals surface area contributed by atoms with Crippen molar-refractivity contribution in [3.05, 3.63) is 36.0 Å². The SMILES string of the molecule is CCCCC/C=C\C/C=C\CCCCCCCC(=O)O[C@H]1CC[C@@]2(C)C(=C[C@@H](OO)[C@H]3[C@@H]4CC[C@H]([C@H](C)CCCC(C)C)[C@@]4(C)CC[C@@H]32)C1. The summed E-state index contributed by atoms with van der Waals surface area (Å²) in [4.78, 5) is 18.2. The highest BCUT2D eigenvalue weighted by molar-refractivity contribution is 5.69. The van der Waals surface area contributed by atoms with E-state index in [0.717, 1.165) is 62.7 Å². The van der Waals surface area contributed by atoms with E-state index in [1.807, 2.05) is 0 Å². The Morgan fingerprint density at radius 2 is 1.57 bits per heavy atom. The van der Waals surface area contributed by atoms with Crippen LogP contribution in [0, 0.1) is 46.3 Å². The average Bonchev–Trinajstić information content (AvgIpc) is 3.43. The Morgan fingerprint density at radius 3 is 2.29 bits per heavy atom. The van der Waals surface area contributed by atoms with Gasteiger partial charge in [0, 0.05) is 12.8 Å². The van der Waals surface area contributed by atoms with Gasteiger partial charge in [0.25, 0.3) is 0 Å². The number of unbranched alkanes of at least 4 members (excludes halogenated alkanes) is 8. The van der Waals surface area contributed by atoms with Crippen molar-refractivity contribution in [1.82, 2.24) is 0 Å². The van der Waals surface area contributed by atoms with E-state index in [1.54, 1.807) is 0 Å². The van der Waals surface area contributed by atoms with Crippen LogP contribution in [0.15, 0.2) is 36.0 Å². The van der Waals surface area contributed by atoms with Crippen molar-refractivity contribution in [3.63, 3.8) is 0 Å². The molecule has 0 aliphatic heterocycles. The number of esters is 1. The first-order chi connectivity index (χ1) is 23.6. The third kappa shape index (κ3) is 10.8. The lowest BCUT2D eigenvalue weighted by atomic mass is 9.46. The van der Waals surface area contributed by atoms with Gasteiger partial charge < -0.3 is 4.74 Å². The zero-order chi connectivity index (χ0) is 35.3. The number of ether oxygens (including phenoxy) is 1. The van der Waals surface area contributed by atoms with Gasteiger partial charge in [-0.2, -0.15) is 0 Å². The lowest BCUT2D eigenvalue weighted by Gasteiger charge is -2.59. The Hall–Kier alpha value is -1.39. The van der Waals surface area contributed by atoms with Crippen LogP contribution in [0.2, 0.25) is 0 Å². The number of carbonyl (C=O) groups is 1. The third-order valence-electron chi connectivity index (χ3n) is 14.0. The van der Waals surface area contributed by atoms with Crippen molar-refractivity contribution in [2.45, 2.75) is 195 Å². The predicted octanol–water partition coefficient (Wildman–Crippen LogP) is 13.2. The fourth-order valence-corrected chi connectivity index (χ4v) is 11.1. The van der Waals surface area contributed by atoms with E-state index < -0.39 is 0 Å². The molecule has 4 aliphatic carbocycles. The smallest absolute Gasteiger partial charge is 0.306 e. The summed E-state index contributed by atoms with van der Waals surface area (Å²) in [6.07, 6.45) is 36.8. The molecule has 0 heterocycles. The molecule has 3 fully saturated rings. The molecule has 0 aromatic rings. The van der Waals surface area contributed by atoms with Crippen molar-refractivity contribution >= 4 is 5.97 Å². The maximum absolute atomic E-state index is 12.9. The first-order valence-corrected chi connectivity index (χ1v) is 21.1. The Morgan fingerprint density at radius 1 is 0.857 bits per heavy atom. The van der Waals surface area contributed by atoms with Crippen LogP contribution in [0.1, 0.15) is 183 Å². The van der Waals surface area contributed by atoms with Gasteiger partial charge in [-0.15, -0.1) is 0 Å². The molecule has 0 aromatic heterocycles. The van der Waals surface area contributed by atoms with Crippen LogP contribution in [-0.4, -0.2) is 23.4 Å². The maximum atomic E-state index is 12.9. The molecule has 0 saturated heterocycles. The maximum Gasteiger partial charge on any atom is 0.306 e. The summed E-state index contributed by atoms with van der Waals surface area (Å²) in [5.41, 5.74) is 1.82. The van der Waals surface area contributed by atoms with Gasteiger partial charge in [0.05, 0.1) is 0 Å². The van der Waals surface area contributed by atoms with Crippen LogP contribution >= 0.6 is 0 Å². The van der Waals surface area contributed by atoms with Crippen LogP contribution < -0.4 is 0 Å². The first-order valence-electron chi connectivity index (χ1n) is 21.1. The fourth-order valence-electron chi connectivity index (χ4n) is 11.1. The fraction of sp³-hybridized carbons (Fsp3) is 0.844. The summed E-state index contributed by atoms with van der Waals surface area (Å²) < 4.78 is 6.08. The van der Waals surface area contributed by atoms with Crippen molar-refractivity contribution in [2.24, 2.45) is 46.3 Å². The zero-order valence-corrected chi connectivity index (χ0v) is 32.7. The molecular weight excluding hydrogens is 604 g/mol. The summed E-state index contributed by atoms with van der Waals surface area (Å²) in [6, 6.07) is 0. The average molecular weight is 681 g/mol. The molecule has 0 amide bonds. The first kappa shape index (κ1) is 40.4. The topological polar surface area (TPSA) is 55.8 Å². The monoisotopic (exact) mass is 681 g/mol. The summed E-state index contributed by atoms with van der Waals surface area (Å²) >= 11 is 0. The number of rotatable bonds is 21. The summed E-state index contributed by atoms with van der Waals surface area (Å²) in [5, 5.41) is 10.3. The zero-order valence-electron chi connectivity index (χ0n) is 32.7. The van der Waals surface area contributed by atoms with Crippen LogP contribution in [0.3, 0.4) is 0 Å². The largest absolute Gasteiger partial charge is 0.462 e. The van der Waals surface area contributed by atoms with Gasteiger partial charge in [-0.25, -0.2) is 4.89 Å². The minimum Gasteiger partial charge on any atom is -0.462 e. The van der Waals surface area contributed by atoms with E-state index in [2.05, 4.69) is 71.9 Å². The number of hydrogen-bond donors (Lipinski definition) is 1. The molecular formula is C45H76O4. The molecule has 0 aromatic carbocycles. The van der Waals surface area contributed by atoms with Gasteiger partial charge in [0.1, 0.15) is 12.2 Å². The Bertz CT molecular complexity index is 1070. The van der Waals surface area contributed by atoms with Gasteiger partial charge >= 0.3 is 5.97 Å². The number of fused-ring (bicyclic) bond motifs is 5.